The molecule has 1 heterocycles. The number of rotatable bonds is 2. The van der Waals surface area contributed by atoms with Gasteiger partial charge < -0.3 is 11.1 Å². The molecule has 0 saturated carbocycles. The van der Waals surface area contributed by atoms with Crippen molar-refractivity contribution in [2.24, 2.45) is 0 Å². The molecule has 0 aromatic heterocycles. The maximum atomic E-state index is 13.6. The number of hydrogen-bond acceptors (Lipinski definition) is 4. The highest BCUT2D eigenvalue weighted by molar-refractivity contribution is 6.03. The van der Waals surface area contributed by atoms with Gasteiger partial charge in [-0.2, -0.15) is 0 Å². The number of likely N-dealkylation sites (tertiary alicyclic amines) is 1. The number of anilines is 1. The number of likely N-dealkylation sites (N-methyl/N-ethyl adjacent to an activating group) is 1. The molecule has 1 saturated heterocycles. The molecule has 1 aliphatic rings. The number of piperidine rings is 1. The summed E-state index contributed by atoms with van der Waals surface area (Å²) in [6.45, 7) is 1.51. The minimum atomic E-state index is -0.786. The Balaban J connectivity index is 2.15. The zero-order valence-electron chi connectivity index (χ0n) is 11.8. The van der Waals surface area contributed by atoms with E-state index in [2.05, 4.69) is 5.32 Å². The second-order valence-corrected chi connectivity index (χ2v) is 5.03. The molecule has 0 aliphatic carbocycles. The number of imide groups is 1. The highest BCUT2D eigenvalue weighted by Crippen LogP contribution is 2.18. The van der Waals surface area contributed by atoms with E-state index in [0.717, 1.165) is 11.0 Å². The standard InChI is InChI=1S/C14H16FN3O3/c1-7-9(15)5-8(6-10(7)16)13(20)17-11-3-4-12(19)18(2)14(11)21/h5-6,11H,3-4,16H2,1-2H3,(H,17,20). The number of carbonyl (C=O) groups excluding carboxylic acids is 3. The van der Waals surface area contributed by atoms with Crippen molar-refractivity contribution in [2.45, 2.75) is 25.8 Å². The van der Waals surface area contributed by atoms with E-state index in [1.807, 2.05) is 0 Å². The average Bonchev–Trinajstić information content (AvgIpc) is 2.44. The van der Waals surface area contributed by atoms with Gasteiger partial charge in [-0.15, -0.1) is 0 Å². The number of halogens is 1. The Morgan fingerprint density at radius 2 is 2.10 bits per heavy atom. The van der Waals surface area contributed by atoms with Crippen LogP contribution in [0.25, 0.3) is 0 Å². The number of benzene rings is 1. The van der Waals surface area contributed by atoms with Gasteiger partial charge in [-0.25, -0.2) is 4.39 Å². The number of carbonyl (C=O) groups is 3. The number of nitrogens with two attached hydrogens (primary N) is 1. The Morgan fingerprint density at radius 3 is 2.71 bits per heavy atom. The molecule has 1 atom stereocenters. The Kier molecular flexibility index (Phi) is 3.93. The van der Waals surface area contributed by atoms with Crippen LogP contribution in [0.15, 0.2) is 12.1 Å². The molecule has 1 aromatic carbocycles. The molecule has 3 N–H and O–H groups in total. The van der Waals surface area contributed by atoms with Crippen molar-refractivity contribution in [1.29, 1.82) is 0 Å². The first kappa shape index (κ1) is 15.0. The van der Waals surface area contributed by atoms with Gasteiger partial charge >= 0.3 is 0 Å². The van der Waals surface area contributed by atoms with Crippen LogP contribution >= 0.6 is 0 Å². The van der Waals surface area contributed by atoms with Crippen LogP contribution < -0.4 is 11.1 Å². The van der Waals surface area contributed by atoms with Crippen LogP contribution in [0, 0.1) is 12.7 Å². The lowest BCUT2D eigenvalue weighted by Crippen LogP contribution is -2.52. The molecule has 3 amide bonds. The zero-order chi connectivity index (χ0) is 15.7. The first-order valence-corrected chi connectivity index (χ1v) is 6.48. The Labute approximate surface area is 121 Å². The van der Waals surface area contributed by atoms with Crippen molar-refractivity contribution in [3.63, 3.8) is 0 Å². The molecule has 1 aromatic rings. The summed E-state index contributed by atoms with van der Waals surface area (Å²) in [7, 11) is 1.37. The molecule has 0 radical (unpaired) electrons. The summed E-state index contributed by atoms with van der Waals surface area (Å²) in [6, 6.07) is 1.64. The molecule has 7 heteroatoms. The van der Waals surface area contributed by atoms with Gasteiger partial charge in [0.15, 0.2) is 0 Å². The van der Waals surface area contributed by atoms with E-state index < -0.39 is 23.7 Å². The highest BCUT2D eigenvalue weighted by Gasteiger charge is 2.32. The fraction of sp³-hybridized carbons (Fsp3) is 0.357. The maximum absolute atomic E-state index is 13.6. The van der Waals surface area contributed by atoms with E-state index in [0.29, 0.717) is 0 Å². The van der Waals surface area contributed by atoms with Gasteiger partial charge in [0.2, 0.25) is 5.91 Å². The van der Waals surface area contributed by atoms with Gasteiger partial charge in [-0.3, -0.25) is 19.3 Å². The van der Waals surface area contributed by atoms with Crippen LogP contribution in [-0.4, -0.2) is 35.7 Å². The highest BCUT2D eigenvalue weighted by atomic mass is 19.1. The summed E-state index contributed by atoms with van der Waals surface area (Å²) < 4.78 is 13.6. The van der Waals surface area contributed by atoms with Crippen molar-refractivity contribution in [1.82, 2.24) is 10.2 Å². The van der Waals surface area contributed by atoms with Gasteiger partial charge in [-0.05, 0) is 25.5 Å². The first-order chi connectivity index (χ1) is 9.81. The second-order valence-electron chi connectivity index (χ2n) is 5.03. The summed E-state index contributed by atoms with van der Waals surface area (Å²) in [5.74, 6) is -1.93. The van der Waals surface area contributed by atoms with Crippen LogP contribution in [-0.2, 0) is 9.59 Å². The van der Waals surface area contributed by atoms with E-state index >= 15 is 0 Å². The van der Waals surface area contributed by atoms with E-state index in [4.69, 9.17) is 5.73 Å². The van der Waals surface area contributed by atoms with Crippen LogP contribution in [0.3, 0.4) is 0 Å². The van der Waals surface area contributed by atoms with Crippen LogP contribution in [0.4, 0.5) is 10.1 Å². The minimum absolute atomic E-state index is 0.0444. The monoisotopic (exact) mass is 293 g/mol. The van der Waals surface area contributed by atoms with Gasteiger partial charge in [0, 0.05) is 30.3 Å². The number of nitrogen functional groups attached to an aromatic ring is 1. The third kappa shape index (κ3) is 2.86. The SMILES string of the molecule is Cc1c(N)cc(C(=O)NC2CCC(=O)N(C)C2=O)cc1F. The summed E-state index contributed by atoms with van der Waals surface area (Å²) in [6.07, 6.45) is 0.412. The molecule has 0 bridgehead atoms. The number of hydrogen-bond donors (Lipinski definition) is 2. The third-order valence-electron chi connectivity index (χ3n) is 3.60. The summed E-state index contributed by atoms with van der Waals surface area (Å²) in [4.78, 5) is 36.3. The van der Waals surface area contributed by atoms with E-state index in [-0.39, 0.29) is 35.6 Å². The smallest absolute Gasteiger partial charge is 0.252 e. The van der Waals surface area contributed by atoms with Gasteiger partial charge in [0.1, 0.15) is 11.9 Å². The molecule has 2 rings (SSSR count). The lowest BCUT2D eigenvalue weighted by molar-refractivity contribution is -0.147. The quantitative estimate of drug-likeness (QED) is 0.616. The minimum Gasteiger partial charge on any atom is -0.398 e. The number of nitrogens with one attached hydrogen (secondary N) is 1. The number of nitrogens with zero attached hydrogens (tertiary/aromatic N) is 1. The van der Waals surface area contributed by atoms with E-state index in [1.165, 1.54) is 20.0 Å². The van der Waals surface area contributed by atoms with Crippen molar-refractivity contribution < 1.29 is 18.8 Å². The summed E-state index contributed by atoms with van der Waals surface area (Å²) >= 11 is 0. The molecule has 1 unspecified atom stereocenters. The lowest BCUT2D eigenvalue weighted by Gasteiger charge is -2.28. The summed E-state index contributed by atoms with van der Waals surface area (Å²) in [5, 5.41) is 2.51. The molecule has 1 fully saturated rings. The van der Waals surface area contributed by atoms with Crippen molar-refractivity contribution in [2.75, 3.05) is 12.8 Å². The maximum Gasteiger partial charge on any atom is 0.252 e. The molecule has 6 nitrogen and oxygen atoms in total. The molecule has 21 heavy (non-hydrogen) atoms. The molecular formula is C14H16FN3O3. The van der Waals surface area contributed by atoms with Crippen molar-refractivity contribution in [3.05, 3.63) is 29.1 Å². The Bertz CT molecular complexity index is 607. The lowest BCUT2D eigenvalue weighted by atomic mass is 10.0. The van der Waals surface area contributed by atoms with E-state index in [1.54, 1.807) is 0 Å². The van der Waals surface area contributed by atoms with Crippen molar-refractivity contribution >= 4 is 23.4 Å². The van der Waals surface area contributed by atoms with Crippen LogP contribution in [0.5, 0.6) is 0 Å². The van der Waals surface area contributed by atoms with Gasteiger partial charge in [0.05, 0.1) is 0 Å². The predicted octanol–water partition coefficient (Wildman–Crippen LogP) is 0.594. The number of amides is 3. The average molecular weight is 293 g/mol. The molecule has 0 spiro atoms. The topological polar surface area (TPSA) is 92.5 Å². The first-order valence-electron chi connectivity index (χ1n) is 6.48. The molecular weight excluding hydrogens is 277 g/mol. The summed E-state index contributed by atoms with van der Waals surface area (Å²) in [5.41, 5.74) is 6.10. The Hall–Kier alpha value is -2.44. The predicted molar refractivity (Wildman–Crippen MR) is 73.8 cm³/mol. The van der Waals surface area contributed by atoms with Gasteiger partial charge in [0.25, 0.3) is 11.8 Å². The second kappa shape index (κ2) is 5.51. The zero-order valence-corrected chi connectivity index (χ0v) is 11.8. The largest absolute Gasteiger partial charge is 0.398 e. The van der Waals surface area contributed by atoms with E-state index in [9.17, 15) is 18.8 Å². The fourth-order valence-corrected chi connectivity index (χ4v) is 2.12. The van der Waals surface area contributed by atoms with Crippen LogP contribution in [0.1, 0.15) is 28.8 Å². The van der Waals surface area contributed by atoms with Crippen molar-refractivity contribution in [3.8, 4) is 0 Å². The normalized spacial score (nSPS) is 18.8. The van der Waals surface area contributed by atoms with Gasteiger partial charge in [-0.1, -0.05) is 0 Å². The Morgan fingerprint density at radius 1 is 1.43 bits per heavy atom. The molecule has 1 aliphatic heterocycles. The molecule has 112 valence electrons. The van der Waals surface area contributed by atoms with Crippen LogP contribution in [0.2, 0.25) is 0 Å². The fourth-order valence-electron chi connectivity index (χ4n) is 2.12. The third-order valence-corrected chi connectivity index (χ3v) is 3.60.